The van der Waals surface area contributed by atoms with Crippen molar-refractivity contribution in [1.82, 2.24) is 4.98 Å². The molecule has 1 aliphatic heterocycles. The first-order chi connectivity index (χ1) is 10.2. The van der Waals surface area contributed by atoms with Gasteiger partial charge in [0.2, 0.25) is 0 Å². The quantitative estimate of drug-likeness (QED) is 0.665. The van der Waals surface area contributed by atoms with Gasteiger partial charge in [-0.15, -0.1) is 11.3 Å². The minimum Gasteiger partial charge on any atom is -0.490 e. The molecule has 3 heteroatoms. The summed E-state index contributed by atoms with van der Waals surface area (Å²) in [5, 5.41) is 1.10. The fourth-order valence-corrected chi connectivity index (χ4v) is 3.90. The predicted octanol–water partition coefficient (Wildman–Crippen LogP) is 4.99. The molecule has 2 heterocycles. The van der Waals surface area contributed by atoms with E-state index in [1.807, 2.05) is 0 Å². The second-order valence-electron chi connectivity index (χ2n) is 5.66. The summed E-state index contributed by atoms with van der Waals surface area (Å²) < 4.78 is 7.16. The fourth-order valence-electron chi connectivity index (χ4n) is 2.84. The molecule has 0 saturated heterocycles. The molecular formula is C18H17NOS. The van der Waals surface area contributed by atoms with Gasteiger partial charge in [-0.25, -0.2) is 4.98 Å². The van der Waals surface area contributed by atoms with E-state index in [-0.39, 0.29) is 0 Å². The lowest BCUT2D eigenvalue weighted by Crippen LogP contribution is -2.10. The largest absolute Gasteiger partial charge is 0.490 e. The highest BCUT2D eigenvalue weighted by Crippen LogP contribution is 2.36. The lowest BCUT2D eigenvalue weighted by atomic mass is 10.1. The maximum atomic E-state index is 5.90. The Bertz CT molecular complexity index is 821. The lowest BCUT2D eigenvalue weighted by molar-refractivity contribution is 0.228. The third-order valence-electron chi connectivity index (χ3n) is 4.05. The number of benzene rings is 2. The predicted molar refractivity (Wildman–Crippen MR) is 88.2 cm³/mol. The van der Waals surface area contributed by atoms with Crippen LogP contribution in [0.25, 0.3) is 20.8 Å². The summed E-state index contributed by atoms with van der Waals surface area (Å²) >= 11 is 1.76. The Morgan fingerprint density at radius 2 is 2.14 bits per heavy atom. The Morgan fingerprint density at radius 1 is 1.24 bits per heavy atom. The molecule has 0 N–H and O–H groups in total. The van der Waals surface area contributed by atoms with Crippen LogP contribution in [-0.4, -0.2) is 11.1 Å². The van der Waals surface area contributed by atoms with E-state index in [1.54, 1.807) is 11.3 Å². The highest BCUT2D eigenvalue weighted by atomic mass is 32.1. The molecule has 0 spiro atoms. The maximum absolute atomic E-state index is 5.90. The minimum atomic E-state index is 0.341. The summed E-state index contributed by atoms with van der Waals surface area (Å²) in [5.74, 6) is 1.04. The van der Waals surface area contributed by atoms with Crippen LogP contribution in [0.5, 0.6) is 5.75 Å². The van der Waals surface area contributed by atoms with Crippen molar-refractivity contribution in [3.8, 4) is 16.3 Å². The molecule has 2 nitrogen and oxygen atoms in total. The van der Waals surface area contributed by atoms with Gasteiger partial charge < -0.3 is 4.74 Å². The molecule has 4 rings (SSSR count). The van der Waals surface area contributed by atoms with Gasteiger partial charge in [0.1, 0.15) is 16.9 Å². The molecule has 0 amide bonds. The minimum absolute atomic E-state index is 0.341. The molecule has 0 bridgehead atoms. The van der Waals surface area contributed by atoms with Gasteiger partial charge in [-0.2, -0.15) is 0 Å². The Morgan fingerprint density at radius 3 is 3.00 bits per heavy atom. The number of rotatable bonds is 2. The van der Waals surface area contributed by atoms with E-state index in [4.69, 9.17) is 9.72 Å². The number of hydrogen-bond acceptors (Lipinski definition) is 3. The van der Waals surface area contributed by atoms with Crippen LogP contribution >= 0.6 is 11.3 Å². The fraction of sp³-hybridized carbons (Fsp3) is 0.278. The van der Waals surface area contributed by atoms with Gasteiger partial charge in [-0.05, 0) is 54.8 Å². The van der Waals surface area contributed by atoms with Crippen LogP contribution in [0.4, 0.5) is 0 Å². The molecule has 21 heavy (non-hydrogen) atoms. The Kier molecular flexibility index (Phi) is 2.96. The smallest absolute Gasteiger partial charge is 0.124 e. The van der Waals surface area contributed by atoms with Crippen LogP contribution in [0.1, 0.15) is 24.5 Å². The van der Waals surface area contributed by atoms with Gasteiger partial charge in [0.25, 0.3) is 0 Å². The molecule has 0 fully saturated rings. The number of ether oxygens (including phenoxy) is 1. The molecule has 0 saturated carbocycles. The van der Waals surface area contributed by atoms with Crippen molar-refractivity contribution in [3.05, 3.63) is 47.5 Å². The zero-order valence-electron chi connectivity index (χ0n) is 12.2. The summed E-state index contributed by atoms with van der Waals surface area (Å²) in [6.07, 6.45) is 2.42. The normalized spacial score (nSPS) is 17.0. The van der Waals surface area contributed by atoms with Crippen molar-refractivity contribution < 1.29 is 4.74 Å². The summed E-state index contributed by atoms with van der Waals surface area (Å²) in [6, 6.07) is 12.9. The van der Waals surface area contributed by atoms with Crippen molar-refractivity contribution in [2.45, 2.75) is 32.8 Å². The highest BCUT2D eigenvalue weighted by molar-refractivity contribution is 7.21. The van der Waals surface area contributed by atoms with Crippen LogP contribution in [0.15, 0.2) is 36.4 Å². The summed E-state index contributed by atoms with van der Waals surface area (Å²) in [6.45, 7) is 4.30. The third kappa shape index (κ3) is 2.22. The topological polar surface area (TPSA) is 22.1 Å². The number of aryl methyl sites for hydroxylation is 1. The van der Waals surface area contributed by atoms with Gasteiger partial charge >= 0.3 is 0 Å². The third-order valence-corrected chi connectivity index (χ3v) is 5.12. The monoisotopic (exact) mass is 295 g/mol. The zero-order valence-corrected chi connectivity index (χ0v) is 13.0. The van der Waals surface area contributed by atoms with Crippen molar-refractivity contribution in [2.24, 2.45) is 0 Å². The van der Waals surface area contributed by atoms with Crippen molar-refractivity contribution in [2.75, 3.05) is 0 Å². The number of nitrogens with zero attached hydrogens (tertiary/aromatic N) is 1. The highest BCUT2D eigenvalue weighted by Gasteiger charge is 2.22. The average Bonchev–Trinajstić information content (AvgIpc) is 3.08. The van der Waals surface area contributed by atoms with Crippen LogP contribution in [0, 0.1) is 6.92 Å². The molecule has 3 aromatic rings. The van der Waals surface area contributed by atoms with E-state index in [1.165, 1.54) is 21.4 Å². The molecule has 1 unspecified atom stereocenters. The lowest BCUT2D eigenvalue weighted by Gasteiger charge is -2.05. The Labute approximate surface area is 128 Å². The number of fused-ring (bicyclic) bond motifs is 2. The van der Waals surface area contributed by atoms with E-state index in [0.29, 0.717) is 6.10 Å². The summed E-state index contributed by atoms with van der Waals surface area (Å²) in [4.78, 5) is 4.77. The van der Waals surface area contributed by atoms with Crippen LogP contribution in [0.3, 0.4) is 0 Å². The van der Waals surface area contributed by atoms with E-state index in [2.05, 4.69) is 50.2 Å². The molecule has 1 aromatic heterocycles. The number of thiazole rings is 1. The van der Waals surface area contributed by atoms with E-state index in [9.17, 15) is 0 Å². The second kappa shape index (κ2) is 4.85. The molecular weight excluding hydrogens is 278 g/mol. The molecule has 106 valence electrons. The summed E-state index contributed by atoms with van der Waals surface area (Å²) in [5.41, 5.74) is 4.89. The Balaban J connectivity index is 1.76. The van der Waals surface area contributed by atoms with Gasteiger partial charge in [-0.1, -0.05) is 13.0 Å². The van der Waals surface area contributed by atoms with Gasteiger partial charge in [0.15, 0.2) is 0 Å². The first-order valence-corrected chi connectivity index (χ1v) is 8.22. The second-order valence-corrected chi connectivity index (χ2v) is 6.70. The van der Waals surface area contributed by atoms with Crippen molar-refractivity contribution in [3.63, 3.8) is 0 Å². The maximum Gasteiger partial charge on any atom is 0.124 e. The van der Waals surface area contributed by atoms with Crippen molar-refractivity contribution in [1.29, 1.82) is 0 Å². The molecule has 1 atom stereocenters. The van der Waals surface area contributed by atoms with Gasteiger partial charge in [0, 0.05) is 12.0 Å². The molecule has 0 radical (unpaired) electrons. The Hall–Kier alpha value is -1.87. The standard InChI is InChI=1S/C18H17NOS/c1-3-14-10-13-9-12(5-7-16(13)20-14)18-19-15-6-4-11(2)8-17(15)21-18/h4-9,14H,3,10H2,1-2H3. The first kappa shape index (κ1) is 12.8. The SMILES string of the molecule is CCC1Cc2cc(-c3nc4ccc(C)cc4s3)ccc2O1. The van der Waals surface area contributed by atoms with E-state index in [0.717, 1.165) is 29.1 Å². The van der Waals surface area contributed by atoms with Crippen molar-refractivity contribution >= 4 is 21.6 Å². The van der Waals surface area contributed by atoms with E-state index < -0.39 is 0 Å². The number of hydrogen-bond donors (Lipinski definition) is 0. The molecule has 2 aromatic carbocycles. The zero-order chi connectivity index (χ0) is 14.4. The molecule has 1 aliphatic rings. The van der Waals surface area contributed by atoms with Gasteiger partial charge in [-0.3, -0.25) is 0 Å². The number of aromatic nitrogens is 1. The van der Waals surface area contributed by atoms with Crippen LogP contribution in [-0.2, 0) is 6.42 Å². The summed E-state index contributed by atoms with van der Waals surface area (Å²) in [7, 11) is 0. The van der Waals surface area contributed by atoms with Crippen LogP contribution in [0.2, 0.25) is 0 Å². The van der Waals surface area contributed by atoms with Crippen LogP contribution < -0.4 is 4.74 Å². The average molecular weight is 295 g/mol. The first-order valence-electron chi connectivity index (χ1n) is 7.40. The van der Waals surface area contributed by atoms with Gasteiger partial charge in [0.05, 0.1) is 10.2 Å². The van der Waals surface area contributed by atoms with E-state index >= 15 is 0 Å². The molecule has 0 aliphatic carbocycles.